The fourth-order valence-electron chi connectivity index (χ4n) is 3.90. The number of hydrogen-bond acceptors (Lipinski definition) is 6. The van der Waals surface area contributed by atoms with Crippen molar-refractivity contribution in [2.75, 3.05) is 23.3 Å². The second-order valence-electron chi connectivity index (χ2n) is 7.51. The fraction of sp³-hybridized carbons (Fsp3) is 0.261. The van der Waals surface area contributed by atoms with E-state index in [9.17, 15) is 4.79 Å². The molecule has 0 aliphatic carbocycles. The number of nitrogens with zero attached hydrogens (tertiary/aromatic N) is 3. The first-order chi connectivity index (χ1) is 14.7. The highest BCUT2D eigenvalue weighted by Gasteiger charge is 2.34. The van der Waals surface area contributed by atoms with E-state index < -0.39 is 6.09 Å². The Kier molecular flexibility index (Phi) is 5.03. The van der Waals surface area contributed by atoms with E-state index in [1.807, 2.05) is 48.5 Å². The molecule has 1 N–H and O–H groups in total. The van der Waals surface area contributed by atoms with Crippen LogP contribution in [-0.4, -0.2) is 41.4 Å². The molecular formula is C23H22N4O3. The highest BCUT2D eigenvalue weighted by atomic mass is 16.6. The van der Waals surface area contributed by atoms with Crippen LogP contribution in [0.3, 0.4) is 0 Å². The van der Waals surface area contributed by atoms with Gasteiger partial charge in [0.2, 0.25) is 5.95 Å². The molecule has 2 aliphatic heterocycles. The third-order valence-electron chi connectivity index (χ3n) is 5.35. The number of aromatic nitrogens is 2. The van der Waals surface area contributed by atoms with Crippen LogP contribution < -0.4 is 15.0 Å². The van der Waals surface area contributed by atoms with E-state index >= 15 is 0 Å². The van der Waals surface area contributed by atoms with Gasteiger partial charge in [-0.2, -0.15) is 0 Å². The Bertz CT molecular complexity index is 1010. The molecule has 2 fully saturated rings. The summed E-state index contributed by atoms with van der Waals surface area (Å²) < 4.78 is 11.2. The molecular weight excluding hydrogens is 380 g/mol. The Morgan fingerprint density at radius 1 is 1.00 bits per heavy atom. The zero-order valence-electron chi connectivity index (χ0n) is 16.4. The van der Waals surface area contributed by atoms with Gasteiger partial charge in [0.1, 0.15) is 5.75 Å². The molecule has 5 rings (SSSR count). The first-order valence-electron chi connectivity index (χ1n) is 10.1. The monoisotopic (exact) mass is 402 g/mol. The van der Waals surface area contributed by atoms with Crippen molar-refractivity contribution in [3.05, 3.63) is 66.9 Å². The molecule has 30 heavy (non-hydrogen) atoms. The van der Waals surface area contributed by atoms with Crippen molar-refractivity contribution in [3.63, 3.8) is 0 Å². The molecule has 3 heterocycles. The smallest absolute Gasteiger partial charge is 0.410 e. The molecule has 2 aromatic carbocycles. The van der Waals surface area contributed by atoms with Gasteiger partial charge in [-0.15, -0.1) is 0 Å². The molecule has 7 heteroatoms. The third kappa shape index (κ3) is 4.11. The van der Waals surface area contributed by atoms with E-state index in [0.717, 1.165) is 43.1 Å². The number of benzene rings is 2. The molecule has 2 atom stereocenters. The minimum atomic E-state index is -0.528. The van der Waals surface area contributed by atoms with Gasteiger partial charge >= 0.3 is 6.09 Å². The molecule has 2 bridgehead atoms. The molecule has 2 saturated heterocycles. The predicted octanol–water partition coefficient (Wildman–Crippen LogP) is 4.12. The second-order valence-corrected chi connectivity index (χ2v) is 7.51. The summed E-state index contributed by atoms with van der Waals surface area (Å²) in [7, 11) is 0. The Morgan fingerprint density at radius 2 is 1.73 bits per heavy atom. The summed E-state index contributed by atoms with van der Waals surface area (Å²) in [5.41, 5.74) is 2.45. The van der Waals surface area contributed by atoms with Crippen molar-refractivity contribution in [2.45, 2.75) is 25.0 Å². The molecule has 2 aliphatic rings. The first-order valence-corrected chi connectivity index (χ1v) is 10.1. The summed E-state index contributed by atoms with van der Waals surface area (Å²) in [6.07, 6.45) is 4.07. The largest absolute Gasteiger partial charge is 0.417 e. The van der Waals surface area contributed by atoms with E-state index in [1.165, 1.54) is 0 Å². The Labute approximate surface area is 174 Å². The quantitative estimate of drug-likeness (QED) is 0.707. The van der Waals surface area contributed by atoms with Crippen LogP contribution in [-0.2, 0) is 4.74 Å². The number of amides is 1. The summed E-state index contributed by atoms with van der Waals surface area (Å²) >= 11 is 0. The van der Waals surface area contributed by atoms with Crippen molar-refractivity contribution in [1.29, 1.82) is 0 Å². The van der Waals surface area contributed by atoms with Crippen molar-refractivity contribution < 1.29 is 14.3 Å². The van der Waals surface area contributed by atoms with Gasteiger partial charge in [-0.1, -0.05) is 30.3 Å². The molecule has 0 spiro atoms. The summed E-state index contributed by atoms with van der Waals surface area (Å²) in [4.78, 5) is 23.5. The first kappa shape index (κ1) is 18.6. The number of carbonyl (C=O) groups is 1. The van der Waals surface area contributed by atoms with Crippen LogP contribution in [0.1, 0.15) is 12.8 Å². The number of hydrogen-bond donors (Lipinski definition) is 1. The zero-order chi connectivity index (χ0) is 20.3. The van der Waals surface area contributed by atoms with Crippen molar-refractivity contribution in [2.24, 2.45) is 0 Å². The zero-order valence-corrected chi connectivity index (χ0v) is 16.4. The lowest BCUT2D eigenvalue weighted by Crippen LogP contribution is -2.43. The van der Waals surface area contributed by atoms with Crippen LogP contribution in [0.25, 0.3) is 11.3 Å². The van der Waals surface area contributed by atoms with Gasteiger partial charge < -0.3 is 14.4 Å². The van der Waals surface area contributed by atoms with Crippen LogP contribution >= 0.6 is 0 Å². The molecule has 2 unspecified atom stereocenters. The molecule has 152 valence electrons. The molecule has 0 saturated carbocycles. The summed E-state index contributed by atoms with van der Waals surface area (Å²) in [6, 6.07) is 18.4. The lowest BCUT2D eigenvalue weighted by atomic mass is 10.1. The molecule has 3 aromatic rings. The minimum Gasteiger partial charge on any atom is -0.410 e. The molecule has 0 radical (unpaired) electrons. The van der Waals surface area contributed by atoms with Gasteiger partial charge in [0, 0.05) is 30.5 Å². The van der Waals surface area contributed by atoms with E-state index in [4.69, 9.17) is 14.5 Å². The van der Waals surface area contributed by atoms with Crippen LogP contribution in [0.5, 0.6) is 5.75 Å². The Morgan fingerprint density at radius 3 is 2.47 bits per heavy atom. The number of ether oxygens (including phenoxy) is 2. The van der Waals surface area contributed by atoms with Crippen LogP contribution in [0.4, 0.5) is 16.4 Å². The summed E-state index contributed by atoms with van der Waals surface area (Å²) in [5.74, 6) is 1.23. The van der Waals surface area contributed by atoms with E-state index in [0.29, 0.717) is 11.4 Å². The number of para-hydroxylation sites is 1. The average Bonchev–Trinajstić information content (AvgIpc) is 3.12. The highest BCUT2D eigenvalue weighted by molar-refractivity contribution is 5.86. The van der Waals surface area contributed by atoms with Crippen molar-refractivity contribution in [1.82, 2.24) is 9.97 Å². The second kappa shape index (κ2) is 8.12. The number of rotatable bonds is 4. The maximum absolute atomic E-state index is 12.0. The van der Waals surface area contributed by atoms with Crippen LogP contribution in [0.2, 0.25) is 0 Å². The van der Waals surface area contributed by atoms with E-state index in [-0.39, 0.29) is 12.2 Å². The topological polar surface area (TPSA) is 76.6 Å². The molecule has 7 nitrogen and oxygen atoms in total. The lowest BCUT2D eigenvalue weighted by Gasteiger charge is -2.32. The number of anilines is 2. The lowest BCUT2D eigenvalue weighted by molar-refractivity contribution is 0.0299. The van der Waals surface area contributed by atoms with Gasteiger partial charge in [-0.05, 0) is 43.2 Å². The maximum atomic E-state index is 12.0. The SMILES string of the molecule is O=C(Nc1ccc(-c2ccnc(N3CC4CCC(C3)O4)n2)cc1)Oc1ccccc1. The van der Waals surface area contributed by atoms with Crippen molar-refractivity contribution >= 4 is 17.7 Å². The maximum Gasteiger partial charge on any atom is 0.417 e. The normalized spacial score (nSPS) is 20.1. The van der Waals surface area contributed by atoms with E-state index in [2.05, 4.69) is 15.2 Å². The van der Waals surface area contributed by atoms with Crippen LogP contribution in [0.15, 0.2) is 66.9 Å². The molecule has 1 aromatic heterocycles. The molecule has 1 amide bonds. The van der Waals surface area contributed by atoms with Gasteiger partial charge in [-0.25, -0.2) is 14.8 Å². The fourth-order valence-corrected chi connectivity index (χ4v) is 3.90. The van der Waals surface area contributed by atoms with Gasteiger partial charge in [0.05, 0.1) is 17.9 Å². The van der Waals surface area contributed by atoms with E-state index in [1.54, 1.807) is 18.3 Å². The number of nitrogens with one attached hydrogen (secondary N) is 1. The average molecular weight is 402 g/mol. The Balaban J connectivity index is 1.26. The van der Waals surface area contributed by atoms with Crippen molar-refractivity contribution in [3.8, 4) is 17.0 Å². The Hall–Kier alpha value is -3.45. The standard InChI is InChI=1S/C23H22N4O3/c28-23(30-18-4-2-1-3-5-18)25-17-8-6-16(7-9-17)21-12-13-24-22(26-21)27-14-19-10-11-20(15-27)29-19/h1-9,12-13,19-20H,10-11,14-15H2,(H,25,28). The third-order valence-corrected chi connectivity index (χ3v) is 5.35. The minimum absolute atomic E-state index is 0.289. The summed E-state index contributed by atoms with van der Waals surface area (Å²) in [6.45, 7) is 1.68. The highest BCUT2D eigenvalue weighted by Crippen LogP contribution is 2.29. The van der Waals surface area contributed by atoms with Gasteiger partial charge in [0.15, 0.2) is 0 Å². The predicted molar refractivity (Wildman–Crippen MR) is 114 cm³/mol. The summed E-state index contributed by atoms with van der Waals surface area (Å²) in [5, 5.41) is 2.73. The number of morpholine rings is 1. The van der Waals surface area contributed by atoms with Crippen LogP contribution in [0, 0.1) is 0 Å². The number of carbonyl (C=O) groups excluding carboxylic acids is 1. The van der Waals surface area contributed by atoms with Gasteiger partial charge in [0.25, 0.3) is 0 Å². The number of fused-ring (bicyclic) bond motifs is 2. The van der Waals surface area contributed by atoms with Gasteiger partial charge in [-0.3, -0.25) is 5.32 Å².